The van der Waals surface area contributed by atoms with Crippen molar-refractivity contribution in [2.75, 3.05) is 18.1 Å². The minimum Gasteiger partial charge on any atom is -0.375 e. The molecule has 3 rings (SSSR count). The summed E-state index contributed by atoms with van der Waals surface area (Å²) in [5.41, 5.74) is 7.92. The smallest absolute Gasteiger partial charge is 0.0701 e. The van der Waals surface area contributed by atoms with Gasteiger partial charge >= 0.3 is 0 Å². The van der Waals surface area contributed by atoms with Gasteiger partial charge in [0.05, 0.1) is 5.60 Å². The lowest BCUT2D eigenvalue weighted by Crippen LogP contribution is -2.45. The first-order valence-electron chi connectivity index (χ1n) is 7.52. The maximum Gasteiger partial charge on any atom is 0.0701 e. The predicted octanol–water partition coefficient (Wildman–Crippen LogP) is 4.90. The summed E-state index contributed by atoms with van der Waals surface area (Å²) in [5.74, 6) is 2.96. The molecule has 0 radical (unpaired) electrons. The van der Waals surface area contributed by atoms with E-state index in [1.807, 2.05) is 17.8 Å². The van der Waals surface area contributed by atoms with E-state index in [4.69, 9.17) is 10.5 Å². The maximum absolute atomic E-state index is 6.62. The second-order valence-electron chi connectivity index (χ2n) is 6.09. The van der Waals surface area contributed by atoms with Crippen LogP contribution in [0.4, 0.5) is 0 Å². The summed E-state index contributed by atoms with van der Waals surface area (Å²) in [7, 11) is 0. The van der Waals surface area contributed by atoms with E-state index in [0.29, 0.717) is 5.92 Å². The lowest BCUT2D eigenvalue weighted by atomic mass is 9.77. The molecule has 5 heteroatoms. The van der Waals surface area contributed by atoms with Crippen LogP contribution in [-0.2, 0) is 4.74 Å². The molecule has 0 saturated carbocycles. The second-order valence-corrected chi connectivity index (χ2v) is 9.08. The fourth-order valence-corrected chi connectivity index (χ4v) is 5.61. The number of nitrogens with two attached hydrogens (primary N) is 1. The molecule has 1 aromatic carbocycles. The number of rotatable bonds is 2. The van der Waals surface area contributed by atoms with Gasteiger partial charge in [-0.25, -0.2) is 0 Å². The van der Waals surface area contributed by atoms with Gasteiger partial charge in [-0.3, -0.25) is 0 Å². The Morgan fingerprint density at radius 1 is 1.29 bits per heavy atom. The van der Waals surface area contributed by atoms with Crippen LogP contribution in [0.5, 0.6) is 0 Å². The van der Waals surface area contributed by atoms with Crippen molar-refractivity contribution < 1.29 is 4.74 Å². The number of thioether (sulfide) groups is 1. The van der Waals surface area contributed by atoms with Crippen LogP contribution in [0.2, 0.25) is 0 Å². The molecule has 2 nitrogen and oxygen atoms in total. The van der Waals surface area contributed by atoms with Crippen molar-refractivity contribution in [3.8, 4) is 0 Å². The van der Waals surface area contributed by atoms with Crippen molar-refractivity contribution in [2.24, 2.45) is 11.7 Å². The fraction of sp³-hybridized carbons (Fsp3) is 0.625. The van der Waals surface area contributed by atoms with E-state index in [9.17, 15) is 0 Å². The van der Waals surface area contributed by atoms with Gasteiger partial charge < -0.3 is 10.5 Å². The number of benzene rings is 1. The molecule has 1 spiro atoms. The van der Waals surface area contributed by atoms with Crippen molar-refractivity contribution in [2.45, 2.75) is 37.3 Å². The Morgan fingerprint density at radius 3 is 2.81 bits per heavy atom. The fourth-order valence-electron chi connectivity index (χ4n) is 3.49. The van der Waals surface area contributed by atoms with Crippen LogP contribution < -0.4 is 5.73 Å². The molecule has 2 saturated heterocycles. The molecule has 0 amide bonds. The van der Waals surface area contributed by atoms with Gasteiger partial charge in [0.15, 0.2) is 0 Å². The Balaban J connectivity index is 1.77. The molecule has 1 aromatic rings. The summed E-state index contributed by atoms with van der Waals surface area (Å²) in [6.45, 7) is 0.856. The predicted molar refractivity (Wildman–Crippen MR) is 96.7 cm³/mol. The minimum absolute atomic E-state index is 0.0761. The van der Waals surface area contributed by atoms with E-state index < -0.39 is 0 Å². The Bertz CT molecular complexity index is 500. The van der Waals surface area contributed by atoms with Crippen molar-refractivity contribution in [3.05, 3.63) is 32.7 Å². The third kappa shape index (κ3) is 3.69. The number of ether oxygens (including phenoxy) is 1. The zero-order valence-corrected chi connectivity index (χ0v) is 16.0. The molecule has 2 N–H and O–H groups in total. The highest BCUT2D eigenvalue weighted by Crippen LogP contribution is 2.44. The molecule has 0 aromatic heterocycles. The minimum atomic E-state index is 0.0761. The van der Waals surface area contributed by atoms with Crippen molar-refractivity contribution in [1.82, 2.24) is 0 Å². The van der Waals surface area contributed by atoms with Gasteiger partial charge in [-0.1, -0.05) is 31.9 Å². The second kappa shape index (κ2) is 6.91. The quantitative estimate of drug-likeness (QED) is 0.718. The van der Waals surface area contributed by atoms with Crippen LogP contribution in [0, 0.1) is 5.92 Å². The van der Waals surface area contributed by atoms with Crippen LogP contribution in [0.25, 0.3) is 0 Å². The standard InChI is InChI=1S/C16H21Br2NOS/c17-12-1-2-14(18)13(9-12)15(19)11-3-6-20-16(10-11)4-7-21-8-5-16/h1-2,9,11,15H,3-8,10,19H2. The summed E-state index contributed by atoms with van der Waals surface area (Å²) in [4.78, 5) is 0. The summed E-state index contributed by atoms with van der Waals surface area (Å²) in [6, 6.07) is 6.34. The molecule has 0 bridgehead atoms. The van der Waals surface area contributed by atoms with E-state index >= 15 is 0 Å². The summed E-state index contributed by atoms with van der Waals surface area (Å²) in [5, 5.41) is 0. The Hall–Kier alpha value is 0.450. The molecule has 21 heavy (non-hydrogen) atoms. The van der Waals surface area contributed by atoms with Crippen molar-refractivity contribution >= 4 is 43.6 Å². The number of halogens is 2. The highest BCUT2D eigenvalue weighted by atomic mass is 79.9. The van der Waals surface area contributed by atoms with Crippen LogP contribution in [-0.4, -0.2) is 23.7 Å². The van der Waals surface area contributed by atoms with Gasteiger partial charge in [0, 0.05) is 21.6 Å². The first-order valence-corrected chi connectivity index (χ1v) is 10.3. The lowest BCUT2D eigenvalue weighted by Gasteiger charge is -2.45. The molecule has 2 aliphatic rings. The Morgan fingerprint density at radius 2 is 2.05 bits per heavy atom. The van der Waals surface area contributed by atoms with Gasteiger partial charge in [-0.15, -0.1) is 0 Å². The summed E-state index contributed by atoms with van der Waals surface area (Å²) < 4.78 is 8.39. The van der Waals surface area contributed by atoms with Crippen molar-refractivity contribution in [1.29, 1.82) is 0 Å². The normalized spacial score (nSPS) is 26.7. The average molecular weight is 435 g/mol. The third-order valence-electron chi connectivity index (χ3n) is 4.76. The monoisotopic (exact) mass is 433 g/mol. The number of hydrogen-bond donors (Lipinski definition) is 1. The van der Waals surface area contributed by atoms with Gasteiger partial charge in [0.2, 0.25) is 0 Å². The van der Waals surface area contributed by atoms with E-state index in [1.165, 1.54) is 29.9 Å². The van der Waals surface area contributed by atoms with Gasteiger partial charge in [-0.05, 0) is 66.9 Å². The van der Waals surface area contributed by atoms with Crippen LogP contribution in [0.15, 0.2) is 27.1 Å². The lowest BCUT2D eigenvalue weighted by molar-refractivity contribution is -0.105. The molecule has 2 unspecified atom stereocenters. The topological polar surface area (TPSA) is 35.2 Å². The molecular formula is C16H21Br2NOS. The first kappa shape index (κ1) is 16.3. The largest absolute Gasteiger partial charge is 0.375 e. The molecular weight excluding hydrogens is 414 g/mol. The van der Waals surface area contributed by atoms with E-state index in [-0.39, 0.29) is 11.6 Å². The highest BCUT2D eigenvalue weighted by molar-refractivity contribution is 9.11. The molecule has 116 valence electrons. The van der Waals surface area contributed by atoms with Crippen LogP contribution in [0.3, 0.4) is 0 Å². The SMILES string of the molecule is NC(c1cc(Br)ccc1Br)C1CCOC2(CCSCC2)C1. The Labute approximate surface area is 147 Å². The first-order chi connectivity index (χ1) is 10.1. The highest BCUT2D eigenvalue weighted by Gasteiger charge is 2.40. The van der Waals surface area contributed by atoms with E-state index in [1.54, 1.807) is 0 Å². The maximum atomic E-state index is 6.62. The van der Waals surface area contributed by atoms with Crippen molar-refractivity contribution in [3.63, 3.8) is 0 Å². The molecule has 2 heterocycles. The van der Waals surface area contributed by atoms with Crippen LogP contribution in [0.1, 0.15) is 37.3 Å². The summed E-state index contributed by atoms with van der Waals surface area (Å²) >= 11 is 9.25. The van der Waals surface area contributed by atoms with Gasteiger partial charge in [0.25, 0.3) is 0 Å². The number of hydrogen-bond acceptors (Lipinski definition) is 3. The molecule has 2 aliphatic heterocycles. The average Bonchev–Trinajstić information content (AvgIpc) is 2.50. The zero-order chi connectivity index (χ0) is 14.9. The Kier molecular flexibility index (Phi) is 5.37. The van der Waals surface area contributed by atoms with E-state index in [0.717, 1.165) is 28.4 Å². The summed E-state index contributed by atoms with van der Waals surface area (Å²) in [6.07, 6.45) is 4.53. The molecule has 2 atom stereocenters. The molecule has 2 fully saturated rings. The third-order valence-corrected chi connectivity index (χ3v) is 6.96. The van der Waals surface area contributed by atoms with E-state index in [2.05, 4.69) is 44.0 Å². The zero-order valence-electron chi connectivity index (χ0n) is 12.0. The molecule has 0 aliphatic carbocycles. The van der Waals surface area contributed by atoms with Crippen LogP contribution >= 0.6 is 43.6 Å². The van der Waals surface area contributed by atoms with Gasteiger partial charge in [0.1, 0.15) is 0 Å². The van der Waals surface area contributed by atoms with Gasteiger partial charge in [-0.2, -0.15) is 11.8 Å².